The molecule has 0 bridgehead atoms. The number of hydrogen-bond donors (Lipinski definition) is 1. The van der Waals surface area contributed by atoms with Gasteiger partial charge in [0, 0.05) is 31.7 Å². The molecule has 0 spiro atoms. The van der Waals surface area contributed by atoms with Gasteiger partial charge in [0.15, 0.2) is 0 Å². The van der Waals surface area contributed by atoms with Gasteiger partial charge < -0.3 is 10.6 Å². The van der Waals surface area contributed by atoms with Crippen LogP contribution in [0.4, 0.5) is 0 Å². The third-order valence-electron chi connectivity index (χ3n) is 2.67. The Hall–Kier alpha value is -1.94. The Kier molecular flexibility index (Phi) is 3.35. The highest BCUT2D eigenvalue weighted by Gasteiger charge is 2.14. The van der Waals surface area contributed by atoms with Crippen LogP contribution in [0.1, 0.15) is 10.4 Å². The first-order valence-electron chi connectivity index (χ1n) is 5.53. The minimum absolute atomic E-state index is 0.0419. The summed E-state index contributed by atoms with van der Waals surface area (Å²) in [6.07, 6.45) is 1.70. The lowest BCUT2D eigenvalue weighted by molar-refractivity contribution is 0.0801. The van der Waals surface area contributed by atoms with Gasteiger partial charge in [0.25, 0.3) is 5.91 Å². The molecule has 4 heteroatoms. The normalized spacial score (nSPS) is 10.5. The number of hydrogen-bond acceptors (Lipinski definition) is 3. The van der Waals surface area contributed by atoms with Gasteiger partial charge in [0.1, 0.15) is 0 Å². The smallest absolute Gasteiger partial charge is 0.255 e. The van der Waals surface area contributed by atoms with Crippen molar-refractivity contribution in [1.82, 2.24) is 9.88 Å². The summed E-state index contributed by atoms with van der Waals surface area (Å²) in [4.78, 5) is 18.1. The van der Waals surface area contributed by atoms with Crippen LogP contribution in [0.2, 0.25) is 0 Å². The van der Waals surface area contributed by atoms with Crippen molar-refractivity contribution in [2.45, 2.75) is 0 Å². The Balaban J connectivity index is 2.45. The molecule has 88 valence electrons. The third-order valence-corrected chi connectivity index (χ3v) is 2.67. The number of pyridine rings is 1. The Labute approximate surface area is 100 Å². The molecule has 0 fully saturated rings. The molecule has 0 aliphatic carbocycles. The number of amides is 1. The fourth-order valence-corrected chi connectivity index (χ4v) is 1.78. The lowest BCUT2D eigenvalue weighted by atomic mass is 10.1. The molecule has 17 heavy (non-hydrogen) atoms. The second-order valence-corrected chi connectivity index (χ2v) is 3.90. The summed E-state index contributed by atoms with van der Waals surface area (Å²) in [5.41, 5.74) is 6.81. The molecule has 4 nitrogen and oxygen atoms in total. The lowest BCUT2D eigenvalue weighted by Crippen LogP contribution is -2.31. The largest absolute Gasteiger partial charge is 0.340 e. The zero-order chi connectivity index (χ0) is 12.3. The van der Waals surface area contributed by atoms with Crippen LogP contribution in [0, 0.1) is 0 Å². The molecule has 1 amide bonds. The highest BCUT2D eigenvalue weighted by atomic mass is 16.2. The second-order valence-electron chi connectivity index (χ2n) is 3.90. The van der Waals surface area contributed by atoms with Crippen molar-refractivity contribution in [3.8, 4) is 0 Å². The van der Waals surface area contributed by atoms with E-state index in [0.717, 1.165) is 10.9 Å². The molecule has 2 N–H and O–H groups in total. The topological polar surface area (TPSA) is 59.2 Å². The Morgan fingerprint density at radius 1 is 1.35 bits per heavy atom. The van der Waals surface area contributed by atoms with Crippen LogP contribution in [-0.4, -0.2) is 35.9 Å². The number of carbonyl (C=O) groups is 1. The molecule has 2 aromatic rings. The quantitative estimate of drug-likeness (QED) is 0.862. The van der Waals surface area contributed by atoms with Gasteiger partial charge in [-0.25, -0.2) is 0 Å². The van der Waals surface area contributed by atoms with Crippen LogP contribution in [0.5, 0.6) is 0 Å². The third kappa shape index (κ3) is 2.26. The van der Waals surface area contributed by atoms with Crippen LogP contribution in [-0.2, 0) is 0 Å². The maximum atomic E-state index is 12.2. The van der Waals surface area contributed by atoms with E-state index in [-0.39, 0.29) is 5.91 Å². The van der Waals surface area contributed by atoms with E-state index in [9.17, 15) is 4.79 Å². The van der Waals surface area contributed by atoms with E-state index in [0.29, 0.717) is 18.7 Å². The highest BCUT2D eigenvalue weighted by Crippen LogP contribution is 2.17. The van der Waals surface area contributed by atoms with E-state index < -0.39 is 0 Å². The molecule has 1 aromatic heterocycles. The number of nitrogens with zero attached hydrogens (tertiary/aromatic N) is 2. The number of para-hydroxylation sites is 1. The number of likely N-dealkylation sites (N-methyl/N-ethyl adjacent to an activating group) is 1. The zero-order valence-corrected chi connectivity index (χ0v) is 9.76. The summed E-state index contributed by atoms with van der Waals surface area (Å²) in [6, 6.07) is 9.42. The van der Waals surface area contributed by atoms with Gasteiger partial charge in [-0.05, 0) is 12.1 Å². The number of fused-ring (bicyclic) bond motifs is 1. The van der Waals surface area contributed by atoms with E-state index >= 15 is 0 Å². The summed E-state index contributed by atoms with van der Waals surface area (Å²) in [6.45, 7) is 1.00. The molecule has 0 aliphatic heterocycles. The first-order valence-corrected chi connectivity index (χ1v) is 5.53. The molecule has 0 saturated heterocycles. The van der Waals surface area contributed by atoms with Crippen LogP contribution in [0.15, 0.2) is 36.5 Å². The number of benzene rings is 1. The Bertz CT molecular complexity index is 534. The summed E-state index contributed by atoms with van der Waals surface area (Å²) in [5, 5.41) is 0.972. The number of nitrogens with two attached hydrogens (primary N) is 1. The average molecular weight is 229 g/mol. The minimum atomic E-state index is -0.0419. The van der Waals surface area contributed by atoms with Gasteiger partial charge in [-0.15, -0.1) is 0 Å². The Morgan fingerprint density at radius 2 is 2.12 bits per heavy atom. The fourth-order valence-electron chi connectivity index (χ4n) is 1.78. The van der Waals surface area contributed by atoms with Gasteiger partial charge in [-0.3, -0.25) is 9.78 Å². The van der Waals surface area contributed by atoms with Gasteiger partial charge in [0.2, 0.25) is 0 Å². The van der Waals surface area contributed by atoms with Gasteiger partial charge >= 0.3 is 0 Å². The summed E-state index contributed by atoms with van der Waals surface area (Å²) in [5.74, 6) is -0.0419. The van der Waals surface area contributed by atoms with Crippen molar-refractivity contribution in [2.75, 3.05) is 20.1 Å². The second kappa shape index (κ2) is 4.93. The maximum absolute atomic E-state index is 12.2. The van der Waals surface area contributed by atoms with E-state index in [1.807, 2.05) is 24.3 Å². The van der Waals surface area contributed by atoms with E-state index in [1.165, 1.54) is 0 Å². The highest BCUT2D eigenvalue weighted by molar-refractivity contribution is 6.05. The molecular weight excluding hydrogens is 214 g/mol. The number of carbonyl (C=O) groups excluding carboxylic acids is 1. The summed E-state index contributed by atoms with van der Waals surface area (Å²) < 4.78 is 0. The summed E-state index contributed by atoms with van der Waals surface area (Å²) >= 11 is 0. The first kappa shape index (κ1) is 11.5. The van der Waals surface area contributed by atoms with Crippen molar-refractivity contribution >= 4 is 16.8 Å². The molecule has 1 heterocycles. The van der Waals surface area contributed by atoms with Crippen LogP contribution in [0.25, 0.3) is 10.9 Å². The van der Waals surface area contributed by atoms with Crippen molar-refractivity contribution in [2.24, 2.45) is 5.73 Å². The van der Waals surface area contributed by atoms with Crippen LogP contribution < -0.4 is 5.73 Å². The molecule has 2 rings (SSSR count). The molecular formula is C13H15N3O. The van der Waals surface area contributed by atoms with Crippen molar-refractivity contribution in [1.29, 1.82) is 0 Å². The van der Waals surface area contributed by atoms with Crippen LogP contribution in [0.3, 0.4) is 0 Å². The van der Waals surface area contributed by atoms with E-state index in [4.69, 9.17) is 5.73 Å². The molecule has 0 atom stereocenters. The molecule has 0 saturated carbocycles. The fraction of sp³-hybridized carbons (Fsp3) is 0.231. The zero-order valence-electron chi connectivity index (χ0n) is 9.76. The van der Waals surface area contributed by atoms with Crippen molar-refractivity contribution in [3.05, 3.63) is 42.1 Å². The molecule has 0 unspecified atom stereocenters. The van der Waals surface area contributed by atoms with Gasteiger partial charge in [0.05, 0.1) is 11.1 Å². The van der Waals surface area contributed by atoms with Crippen molar-refractivity contribution < 1.29 is 4.79 Å². The molecule has 0 radical (unpaired) electrons. The number of rotatable bonds is 3. The standard InChI is InChI=1S/C13H15N3O/c1-16(9-7-14)13(17)11-6-2-4-10-5-3-8-15-12(10)11/h2-6,8H,7,9,14H2,1H3. The molecule has 1 aromatic carbocycles. The molecule has 0 aliphatic rings. The van der Waals surface area contributed by atoms with Gasteiger partial charge in [-0.1, -0.05) is 18.2 Å². The summed E-state index contributed by atoms with van der Waals surface area (Å²) in [7, 11) is 1.75. The average Bonchev–Trinajstić information content (AvgIpc) is 2.37. The monoisotopic (exact) mass is 229 g/mol. The minimum Gasteiger partial charge on any atom is -0.340 e. The van der Waals surface area contributed by atoms with E-state index in [2.05, 4.69) is 4.98 Å². The predicted octanol–water partition coefficient (Wildman–Crippen LogP) is 1.27. The predicted molar refractivity (Wildman–Crippen MR) is 67.8 cm³/mol. The van der Waals surface area contributed by atoms with Crippen molar-refractivity contribution in [3.63, 3.8) is 0 Å². The Morgan fingerprint density at radius 3 is 2.88 bits per heavy atom. The van der Waals surface area contributed by atoms with Crippen LogP contribution >= 0.6 is 0 Å². The first-order chi connectivity index (χ1) is 8.24. The SMILES string of the molecule is CN(CCN)C(=O)c1cccc2cccnc12. The van der Waals surface area contributed by atoms with E-state index in [1.54, 1.807) is 24.2 Å². The lowest BCUT2D eigenvalue weighted by Gasteiger charge is -2.16. The maximum Gasteiger partial charge on any atom is 0.255 e. The van der Waals surface area contributed by atoms with Gasteiger partial charge in [-0.2, -0.15) is 0 Å². The number of aromatic nitrogens is 1.